The van der Waals surface area contributed by atoms with Gasteiger partial charge in [-0.3, -0.25) is 4.79 Å². The molecule has 120 valence electrons. The molecule has 0 saturated heterocycles. The molecule has 0 radical (unpaired) electrons. The van der Waals surface area contributed by atoms with Crippen LogP contribution in [0.15, 0.2) is 47.5 Å². The lowest BCUT2D eigenvalue weighted by Crippen LogP contribution is -2.14. The minimum absolute atomic E-state index is 0.202. The van der Waals surface area contributed by atoms with E-state index in [2.05, 4.69) is 15.1 Å². The Balaban J connectivity index is 2.00. The summed E-state index contributed by atoms with van der Waals surface area (Å²) < 4.78 is 11.8. The number of pyridine rings is 2. The molecule has 4 rings (SSSR count). The van der Waals surface area contributed by atoms with E-state index in [0.717, 1.165) is 10.9 Å². The molecular weight excluding hydrogens is 308 g/mol. The fourth-order valence-electron chi connectivity index (χ4n) is 2.67. The summed E-state index contributed by atoms with van der Waals surface area (Å²) in [6.45, 7) is 0. The summed E-state index contributed by atoms with van der Waals surface area (Å²) in [5.41, 5.74) is 2.31. The summed E-state index contributed by atoms with van der Waals surface area (Å²) in [5, 5.41) is 5.28. The largest absolute Gasteiger partial charge is 0.497 e. The van der Waals surface area contributed by atoms with Gasteiger partial charge in [-0.15, -0.1) is 0 Å². The van der Waals surface area contributed by atoms with E-state index in [0.29, 0.717) is 28.6 Å². The third-order valence-corrected chi connectivity index (χ3v) is 3.89. The highest BCUT2D eigenvalue weighted by molar-refractivity contribution is 5.93. The van der Waals surface area contributed by atoms with Crippen LogP contribution in [-0.2, 0) is 0 Å². The Bertz CT molecular complexity index is 1070. The van der Waals surface area contributed by atoms with Crippen LogP contribution >= 0.6 is 0 Å². The highest BCUT2D eigenvalue weighted by Crippen LogP contribution is 2.28. The number of aromatic amines is 1. The lowest BCUT2D eigenvalue weighted by atomic mass is 10.1. The number of methoxy groups -OCH3 is 2. The first-order valence-corrected chi connectivity index (χ1v) is 7.30. The van der Waals surface area contributed by atoms with E-state index >= 15 is 0 Å². The molecule has 1 aromatic heterocycles. The molecule has 0 aliphatic carbocycles. The van der Waals surface area contributed by atoms with Gasteiger partial charge < -0.3 is 14.5 Å². The van der Waals surface area contributed by atoms with Crippen molar-refractivity contribution in [2.24, 2.45) is 0 Å². The zero-order valence-electron chi connectivity index (χ0n) is 13.1. The van der Waals surface area contributed by atoms with E-state index in [1.807, 2.05) is 18.2 Å². The van der Waals surface area contributed by atoms with Crippen LogP contribution in [0.3, 0.4) is 0 Å². The Kier molecular flexibility index (Phi) is 3.19. The highest BCUT2D eigenvalue weighted by atomic mass is 16.5. The van der Waals surface area contributed by atoms with E-state index < -0.39 is 0 Å². The Morgan fingerprint density at radius 1 is 1.17 bits per heavy atom. The number of nitrogens with one attached hydrogen (secondary N) is 1. The fraction of sp³-hybridized carbons (Fsp3) is 0.118. The average Bonchev–Trinajstić information content (AvgIpc) is 2.98. The molecular formula is C17H14N4O3. The summed E-state index contributed by atoms with van der Waals surface area (Å²) in [4.78, 5) is 20.0. The predicted molar refractivity (Wildman–Crippen MR) is 89.2 cm³/mol. The molecule has 0 fully saturated rings. The van der Waals surface area contributed by atoms with Gasteiger partial charge in [-0.2, -0.15) is 9.78 Å². The fourth-order valence-corrected chi connectivity index (χ4v) is 2.67. The van der Waals surface area contributed by atoms with Gasteiger partial charge in [0.2, 0.25) is 5.88 Å². The topological polar surface area (TPSA) is 82.0 Å². The Hall–Kier alpha value is -3.35. The molecule has 0 unspecified atom stereocenters. The van der Waals surface area contributed by atoms with Crippen molar-refractivity contribution in [3.8, 4) is 28.6 Å². The van der Waals surface area contributed by atoms with Crippen LogP contribution in [0.5, 0.6) is 11.6 Å². The van der Waals surface area contributed by atoms with Crippen molar-refractivity contribution in [1.82, 2.24) is 19.7 Å². The molecule has 3 heterocycles. The van der Waals surface area contributed by atoms with Crippen LogP contribution < -0.4 is 15.0 Å². The molecule has 1 aromatic carbocycles. The summed E-state index contributed by atoms with van der Waals surface area (Å²) in [7, 11) is 3.13. The van der Waals surface area contributed by atoms with Crippen LogP contribution in [-0.4, -0.2) is 34.0 Å². The zero-order valence-corrected chi connectivity index (χ0v) is 13.1. The second kappa shape index (κ2) is 5.38. The van der Waals surface area contributed by atoms with Crippen molar-refractivity contribution < 1.29 is 9.47 Å². The lowest BCUT2D eigenvalue weighted by molar-refractivity contribution is 0.398. The second-order valence-corrected chi connectivity index (χ2v) is 5.24. The third-order valence-electron chi connectivity index (χ3n) is 3.89. The van der Waals surface area contributed by atoms with Crippen molar-refractivity contribution in [3.63, 3.8) is 0 Å². The number of H-pyrrole nitrogens is 1. The third kappa shape index (κ3) is 2.10. The first-order chi connectivity index (χ1) is 11.7. The monoisotopic (exact) mass is 322 g/mol. The van der Waals surface area contributed by atoms with Crippen molar-refractivity contribution >= 4 is 10.9 Å². The summed E-state index contributed by atoms with van der Waals surface area (Å²) in [6.07, 6.45) is 3.31. The molecule has 7 nitrogen and oxygen atoms in total. The van der Waals surface area contributed by atoms with Crippen LogP contribution in [0.4, 0.5) is 0 Å². The van der Waals surface area contributed by atoms with Gasteiger partial charge in [0.15, 0.2) is 0 Å². The maximum atomic E-state index is 12.7. The van der Waals surface area contributed by atoms with Crippen molar-refractivity contribution in [2.75, 3.05) is 14.2 Å². The van der Waals surface area contributed by atoms with Gasteiger partial charge in [-0.25, -0.2) is 4.98 Å². The standard InChI is InChI=1S/C17H14N4O3/c1-23-11-5-3-4-10(6-11)21-17(22)13-8-18-14-9-19-15(24-2)7-12(14)16(13)20-21/h3-9,18H,1-2H3. The minimum Gasteiger partial charge on any atom is -0.497 e. The SMILES string of the molecule is COc1cccc(-n2nc3c4cc(OC)ncc4[nH]cc-3c2=O)c1. The molecule has 7 heteroatoms. The Labute approximate surface area is 136 Å². The zero-order chi connectivity index (χ0) is 16.7. The number of hydrogen-bond donors (Lipinski definition) is 1. The number of nitrogens with zero attached hydrogens (tertiary/aromatic N) is 3. The van der Waals surface area contributed by atoms with Gasteiger partial charge in [-0.1, -0.05) is 6.07 Å². The highest BCUT2D eigenvalue weighted by Gasteiger charge is 2.19. The number of benzene rings is 1. The molecule has 0 bridgehead atoms. The molecule has 2 aromatic rings. The number of hydrogen-bond acceptors (Lipinski definition) is 5. The van der Waals surface area contributed by atoms with Gasteiger partial charge in [-0.05, 0) is 12.1 Å². The average molecular weight is 322 g/mol. The molecule has 1 N–H and O–H groups in total. The minimum atomic E-state index is -0.202. The molecule has 24 heavy (non-hydrogen) atoms. The predicted octanol–water partition coefficient (Wildman–Crippen LogP) is 2.23. The summed E-state index contributed by atoms with van der Waals surface area (Å²) in [5.74, 6) is 1.13. The molecule has 0 saturated carbocycles. The maximum Gasteiger partial charge on any atom is 0.282 e. The van der Waals surface area contributed by atoms with Crippen LogP contribution in [0.1, 0.15) is 0 Å². The van der Waals surface area contributed by atoms with Crippen LogP contribution in [0.25, 0.3) is 27.8 Å². The number of fused-ring (bicyclic) bond motifs is 3. The van der Waals surface area contributed by atoms with E-state index in [-0.39, 0.29) is 5.56 Å². The smallest absolute Gasteiger partial charge is 0.282 e. The Morgan fingerprint density at radius 2 is 2.04 bits per heavy atom. The van der Waals surface area contributed by atoms with Crippen molar-refractivity contribution in [1.29, 1.82) is 0 Å². The first kappa shape index (κ1) is 14.3. The van der Waals surface area contributed by atoms with Gasteiger partial charge in [0.1, 0.15) is 11.4 Å². The molecule has 0 atom stereocenters. The van der Waals surface area contributed by atoms with Gasteiger partial charge in [0.25, 0.3) is 5.56 Å². The quantitative estimate of drug-likeness (QED) is 0.625. The maximum absolute atomic E-state index is 12.7. The molecule has 0 amide bonds. The first-order valence-electron chi connectivity index (χ1n) is 7.30. The Morgan fingerprint density at radius 3 is 2.83 bits per heavy atom. The summed E-state index contributed by atoms with van der Waals surface area (Å²) in [6, 6.07) is 8.97. The molecule has 0 spiro atoms. The van der Waals surface area contributed by atoms with Crippen LogP contribution in [0, 0.1) is 0 Å². The van der Waals surface area contributed by atoms with Gasteiger partial charge in [0.05, 0.1) is 37.2 Å². The normalized spacial score (nSPS) is 11.1. The van der Waals surface area contributed by atoms with Gasteiger partial charge in [0, 0.05) is 23.7 Å². The number of rotatable bonds is 3. The summed E-state index contributed by atoms with van der Waals surface area (Å²) >= 11 is 0. The van der Waals surface area contributed by atoms with E-state index in [4.69, 9.17) is 9.47 Å². The van der Waals surface area contributed by atoms with E-state index in [1.165, 1.54) is 4.68 Å². The second-order valence-electron chi connectivity index (χ2n) is 5.24. The van der Waals surface area contributed by atoms with Crippen molar-refractivity contribution in [2.45, 2.75) is 0 Å². The molecule has 2 aliphatic rings. The van der Waals surface area contributed by atoms with E-state index in [1.54, 1.807) is 38.7 Å². The lowest BCUT2D eigenvalue weighted by Gasteiger charge is -2.04. The van der Waals surface area contributed by atoms with E-state index in [9.17, 15) is 4.79 Å². The number of ether oxygens (including phenoxy) is 2. The number of aromatic nitrogens is 4. The van der Waals surface area contributed by atoms with Crippen molar-refractivity contribution in [3.05, 3.63) is 53.1 Å². The van der Waals surface area contributed by atoms with Gasteiger partial charge >= 0.3 is 0 Å². The molecule has 2 aliphatic heterocycles. The van der Waals surface area contributed by atoms with Crippen LogP contribution in [0.2, 0.25) is 0 Å².